The van der Waals surface area contributed by atoms with Crippen molar-refractivity contribution in [1.82, 2.24) is 19.5 Å². The molecule has 3 aliphatic rings. The van der Waals surface area contributed by atoms with Crippen LogP contribution in [0.15, 0.2) is 6.33 Å². The van der Waals surface area contributed by atoms with Crippen LogP contribution in [0.25, 0.3) is 11.2 Å². The predicted octanol–water partition coefficient (Wildman–Crippen LogP) is 2.11. The first kappa shape index (κ1) is 21.4. The zero-order valence-corrected chi connectivity index (χ0v) is 19.1. The Morgan fingerprint density at radius 3 is 2.52 bits per heavy atom. The maximum atomic E-state index is 11.8. The average molecular weight is 455 g/mol. The molecule has 3 aliphatic heterocycles. The van der Waals surface area contributed by atoms with Gasteiger partial charge in [-0.1, -0.05) is 11.6 Å². The van der Waals surface area contributed by atoms with Crippen molar-refractivity contribution in [3.63, 3.8) is 0 Å². The first-order chi connectivity index (χ1) is 14.4. The number of aliphatic hydroxyl groups is 1. The van der Waals surface area contributed by atoms with Crippen LogP contribution in [0.5, 0.6) is 0 Å². The molecule has 10 nitrogen and oxygen atoms in total. The van der Waals surface area contributed by atoms with E-state index in [2.05, 4.69) is 15.0 Å². The molecule has 0 bridgehead atoms. The molecule has 2 aromatic rings. The first-order valence-electron chi connectivity index (χ1n) is 10.3. The number of halogens is 1. The van der Waals surface area contributed by atoms with E-state index in [-0.39, 0.29) is 11.8 Å². The van der Waals surface area contributed by atoms with Crippen LogP contribution in [0.2, 0.25) is 5.15 Å². The van der Waals surface area contributed by atoms with E-state index in [0.29, 0.717) is 17.0 Å². The fraction of sp³-hybridized carbons (Fsp3) is 0.750. The molecule has 0 aromatic carbocycles. The fourth-order valence-electron chi connectivity index (χ4n) is 4.64. The lowest BCUT2D eigenvalue weighted by molar-refractivity contribution is -0.334. The highest BCUT2D eigenvalue weighted by atomic mass is 35.5. The maximum Gasteiger partial charge on any atom is 0.168 e. The quantitative estimate of drug-likeness (QED) is 0.647. The van der Waals surface area contributed by atoms with E-state index in [1.807, 2.05) is 27.7 Å². The number of hydrogen-bond acceptors (Lipinski definition) is 9. The Bertz CT molecular complexity index is 1020. The number of aromatic nitrogens is 4. The van der Waals surface area contributed by atoms with Crippen molar-refractivity contribution in [3.05, 3.63) is 17.3 Å². The second-order valence-electron chi connectivity index (χ2n) is 9.45. The Kier molecular flexibility index (Phi) is 4.70. The van der Waals surface area contributed by atoms with Crippen molar-refractivity contribution < 1.29 is 28.8 Å². The summed E-state index contributed by atoms with van der Waals surface area (Å²) in [5.41, 5.74) is -0.651. The molecule has 5 heterocycles. The van der Waals surface area contributed by atoms with E-state index >= 15 is 0 Å². The van der Waals surface area contributed by atoms with Gasteiger partial charge >= 0.3 is 0 Å². The molecule has 0 radical (unpaired) electrons. The fourth-order valence-corrected chi connectivity index (χ4v) is 4.89. The minimum absolute atomic E-state index is 0.234. The molecule has 2 unspecified atom stereocenters. The van der Waals surface area contributed by atoms with Gasteiger partial charge in [-0.15, -0.1) is 0 Å². The zero-order chi connectivity index (χ0) is 22.3. The van der Waals surface area contributed by atoms with Gasteiger partial charge in [-0.05, 0) is 41.5 Å². The van der Waals surface area contributed by atoms with Gasteiger partial charge in [-0.25, -0.2) is 15.0 Å². The first-order valence-corrected chi connectivity index (χ1v) is 10.7. The number of ether oxygens (including phenoxy) is 5. The molecular weight excluding hydrogens is 428 g/mol. The molecule has 0 saturated carbocycles. The number of fused-ring (bicyclic) bond motifs is 4. The van der Waals surface area contributed by atoms with Gasteiger partial charge in [0.05, 0.1) is 12.9 Å². The third kappa shape index (κ3) is 3.45. The summed E-state index contributed by atoms with van der Waals surface area (Å²) in [6.45, 7) is 11.0. The van der Waals surface area contributed by atoms with E-state index in [1.54, 1.807) is 18.4 Å². The highest BCUT2D eigenvalue weighted by molar-refractivity contribution is 6.33. The monoisotopic (exact) mass is 454 g/mol. The van der Waals surface area contributed by atoms with Gasteiger partial charge in [0.2, 0.25) is 0 Å². The Hall–Kier alpha value is -1.40. The van der Waals surface area contributed by atoms with Gasteiger partial charge in [-0.2, -0.15) is 0 Å². The summed E-state index contributed by atoms with van der Waals surface area (Å²) in [6.07, 6.45) is -1.73. The van der Waals surface area contributed by atoms with Gasteiger partial charge < -0.3 is 28.8 Å². The Balaban J connectivity index is 1.64. The normalized spacial score (nSPS) is 39.2. The van der Waals surface area contributed by atoms with Gasteiger partial charge in [0.1, 0.15) is 41.4 Å². The Morgan fingerprint density at radius 2 is 1.77 bits per heavy atom. The largest absolute Gasteiger partial charge is 0.383 e. The third-order valence-electron chi connectivity index (χ3n) is 5.96. The van der Waals surface area contributed by atoms with Crippen molar-refractivity contribution >= 4 is 22.8 Å². The van der Waals surface area contributed by atoms with Crippen LogP contribution in [0.1, 0.15) is 46.7 Å². The molecule has 2 aromatic heterocycles. The molecule has 0 aliphatic carbocycles. The summed E-state index contributed by atoms with van der Waals surface area (Å²) >= 11 is 6.27. The molecule has 3 saturated heterocycles. The van der Waals surface area contributed by atoms with Crippen LogP contribution in [0.3, 0.4) is 0 Å². The van der Waals surface area contributed by atoms with Crippen molar-refractivity contribution in [1.29, 1.82) is 0 Å². The zero-order valence-electron chi connectivity index (χ0n) is 18.3. The highest BCUT2D eigenvalue weighted by Gasteiger charge is 2.62. The molecule has 31 heavy (non-hydrogen) atoms. The molecule has 0 amide bonds. The van der Waals surface area contributed by atoms with Gasteiger partial charge in [-0.3, -0.25) is 4.57 Å². The van der Waals surface area contributed by atoms with E-state index in [1.165, 1.54) is 6.33 Å². The molecule has 3 fully saturated rings. The SMILES string of the molecule is Cc1nc(Cl)c2ncn([C@@H]3OC4COC(C)(C)O[C@H]4[C@@H]4OC(C)(C)OC4[C@]3(C)O)c2n1. The van der Waals surface area contributed by atoms with Crippen LogP contribution in [-0.2, 0) is 23.7 Å². The third-order valence-corrected chi connectivity index (χ3v) is 6.22. The van der Waals surface area contributed by atoms with Crippen molar-refractivity contribution in [2.75, 3.05) is 6.61 Å². The molecule has 5 rings (SSSR count). The number of aryl methyl sites for hydroxylation is 1. The van der Waals surface area contributed by atoms with Gasteiger partial charge in [0.25, 0.3) is 0 Å². The second-order valence-corrected chi connectivity index (χ2v) is 9.81. The Morgan fingerprint density at radius 1 is 1.06 bits per heavy atom. The Labute approximate surface area is 184 Å². The molecular formula is C20H27ClN4O6. The highest BCUT2D eigenvalue weighted by Crippen LogP contribution is 2.47. The van der Waals surface area contributed by atoms with Crippen molar-refractivity contribution in [2.24, 2.45) is 0 Å². The minimum atomic E-state index is -1.53. The number of hydrogen-bond donors (Lipinski definition) is 1. The standard InChI is InChI=1S/C20H27ClN4O6/c1-9-23-15(21)11-16(24-9)25(8-22-11)17-20(6,26)14-13(30-19(4,5)31-14)12-10(28-17)7-27-18(2,3)29-12/h8,10,12-14,17,26H,7H2,1-6H3/t10?,12-,13+,14?,17-,20+/m1/s1. The average Bonchev–Trinajstić information content (AvgIpc) is 3.19. The molecule has 6 atom stereocenters. The van der Waals surface area contributed by atoms with E-state index in [0.717, 1.165) is 0 Å². The second kappa shape index (κ2) is 6.80. The number of nitrogens with zero attached hydrogens (tertiary/aromatic N) is 4. The number of rotatable bonds is 1. The summed E-state index contributed by atoms with van der Waals surface area (Å²) in [5, 5.41) is 12.0. The summed E-state index contributed by atoms with van der Waals surface area (Å²) in [5.74, 6) is -1.25. The van der Waals surface area contributed by atoms with Crippen molar-refractivity contribution in [2.45, 2.75) is 89.4 Å². The lowest BCUT2D eigenvalue weighted by Crippen LogP contribution is -2.56. The molecule has 1 N–H and O–H groups in total. The van der Waals surface area contributed by atoms with E-state index in [9.17, 15) is 5.11 Å². The summed E-state index contributed by atoms with van der Waals surface area (Å²) in [4.78, 5) is 13.0. The summed E-state index contributed by atoms with van der Waals surface area (Å²) in [6, 6.07) is 0. The van der Waals surface area contributed by atoms with Crippen LogP contribution in [0.4, 0.5) is 0 Å². The van der Waals surface area contributed by atoms with Gasteiger partial charge in [0.15, 0.2) is 28.6 Å². The smallest absolute Gasteiger partial charge is 0.168 e. The topological polar surface area (TPSA) is 110 Å². The van der Waals surface area contributed by atoms with Crippen molar-refractivity contribution in [3.8, 4) is 0 Å². The maximum absolute atomic E-state index is 11.8. The number of imidazole rings is 1. The minimum Gasteiger partial charge on any atom is -0.383 e. The summed E-state index contributed by atoms with van der Waals surface area (Å²) in [7, 11) is 0. The van der Waals surface area contributed by atoms with E-state index < -0.39 is 47.8 Å². The van der Waals surface area contributed by atoms with Gasteiger partial charge in [0, 0.05) is 0 Å². The van der Waals surface area contributed by atoms with Crippen LogP contribution in [-0.4, -0.2) is 72.8 Å². The van der Waals surface area contributed by atoms with Crippen LogP contribution >= 0.6 is 11.6 Å². The molecule has 170 valence electrons. The van der Waals surface area contributed by atoms with E-state index in [4.69, 9.17) is 35.3 Å². The lowest BCUT2D eigenvalue weighted by Gasteiger charge is -2.42. The predicted molar refractivity (Wildman–Crippen MR) is 108 cm³/mol. The summed E-state index contributed by atoms with van der Waals surface area (Å²) < 4.78 is 32.5. The molecule has 11 heteroatoms. The van der Waals surface area contributed by atoms with Crippen LogP contribution in [0, 0.1) is 6.92 Å². The lowest BCUT2D eigenvalue weighted by atomic mass is 9.90. The molecule has 0 spiro atoms. The van der Waals surface area contributed by atoms with Crippen LogP contribution < -0.4 is 0 Å².